The molecule has 1 heterocycles. The molecule has 1 aromatic carbocycles. The molecule has 1 saturated carbocycles. The van der Waals surface area contributed by atoms with E-state index in [1.807, 2.05) is 23.8 Å². The molecule has 112 valence electrons. The van der Waals surface area contributed by atoms with Crippen molar-refractivity contribution in [2.24, 2.45) is 0 Å². The van der Waals surface area contributed by atoms with Gasteiger partial charge in [0.1, 0.15) is 0 Å². The highest BCUT2D eigenvalue weighted by atomic mass is 32.2. The number of rotatable bonds is 5. The second-order valence-electron chi connectivity index (χ2n) is 5.44. The molecule has 0 spiro atoms. The molecule has 0 atom stereocenters. The number of thiophene rings is 1. The predicted molar refractivity (Wildman–Crippen MR) is 85.7 cm³/mol. The van der Waals surface area contributed by atoms with Crippen LogP contribution in [0.5, 0.6) is 0 Å². The number of aryl methyl sites for hydroxylation is 1. The molecule has 2 N–H and O–H groups in total. The summed E-state index contributed by atoms with van der Waals surface area (Å²) in [6.07, 6.45) is 1.87. The minimum absolute atomic E-state index is 0.121. The lowest BCUT2D eigenvalue weighted by atomic mass is 10.2. The molecule has 0 saturated heterocycles. The summed E-state index contributed by atoms with van der Waals surface area (Å²) in [6.45, 7) is 2.24. The molecule has 0 amide bonds. The van der Waals surface area contributed by atoms with Crippen molar-refractivity contribution in [2.45, 2.75) is 37.2 Å². The van der Waals surface area contributed by atoms with Crippen molar-refractivity contribution in [3.63, 3.8) is 0 Å². The van der Waals surface area contributed by atoms with E-state index in [-0.39, 0.29) is 6.04 Å². The van der Waals surface area contributed by atoms with Crippen LogP contribution in [0.2, 0.25) is 0 Å². The third-order valence-electron chi connectivity index (χ3n) is 3.67. The van der Waals surface area contributed by atoms with Crippen LogP contribution in [0.25, 0.3) is 0 Å². The lowest BCUT2D eigenvalue weighted by molar-refractivity contribution is 0.399. The number of hydrogen-bond acceptors (Lipinski definition) is 4. The van der Waals surface area contributed by atoms with Crippen LogP contribution in [0.1, 0.15) is 24.0 Å². The van der Waals surface area contributed by atoms with Gasteiger partial charge >= 0.3 is 0 Å². The molecule has 1 aromatic heterocycles. The van der Waals surface area contributed by atoms with Crippen LogP contribution in [0.4, 0.5) is 5.69 Å². The average Bonchev–Trinajstić information content (AvgIpc) is 3.14. The number of nitrogen functional groups attached to an aromatic ring is 1. The van der Waals surface area contributed by atoms with Crippen molar-refractivity contribution < 1.29 is 8.42 Å². The molecule has 21 heavy (non-hydrogen) atoms. The van der Waals surface area contributed by atoms with Crippen molar-refractivity contribution in [2.75, 3.05) is 5.73 Å². The molecule has 0 unspecified atom stereocenters. The average molecular weight is 322 g/mol. The summed E-state index contributed by atoms with van der Waals surface area (Å²) in [5.74, 6) is 0. The Morgan fingerprint density at radius 1 is 1.33 bits per heavy atom. The van der Waals surface area contributed by atoms with Crippen molar-refractivity contribution in [1.29, 1.82) is 0 Å². The van der Waals surface area contributed by atoms with Crippen LogP contribution in [-0.2, 0) is 16.6 Å². The summed E-state index contributed by atoms with van der Waals surface area (Å²) in [5.41, 5.74) is 8.02. The van der Waals surface area contributed by atoms with Gasteiger partial charge in [-0.05, 0) is 59.9 Å². The van der Waals surface area contributed by atoms with Crippen molar-refractivity contribution in [3.05, 3.63) is 46.2 Å². The zero-order valence-electron chi connectivity index (χ0n) is 11.8. The first-order chi connectivity index (χ1) is 9.98. The van der Waals surface area contributed by atoms with Crippen molar-refractivity contribution >= 4 is 27.0 Å². The molecule has 4 nitrogen and oxygen atoms in total. The summed E-state index contributed by atoms with van der Waals surface area (Å²) in [6, 6.07) is 7.15. The monoisotopic (exact) mass is 322 g/mol. The van der Waals surface area contributed by atoms with Gasteiger partial charge in [0.15, 0.2) is 0 Å². The second kappa shape index (κ2) is 5.44. The fourth-order valence-corrected chi connectivity index (χ4v) is 4.95. The summed E-state index contributed by atoms with van der Waals surface area (Å²) in [5, 5.41) is 3.97. The topological polar surface area (TPSA) is 63.4 Å². The number of nitrogens with two attached hydrogens (primary N) is 1. The highest BCUT2D eigenvalue weighted by Gasteiger charge is 2.38. The lowest BCUT2D eigenvalue weighted by Crippen LogP contribution is -2.33. The second-order valence-corrected chi connectivity index (χ2v) is 8.08. The Balaban J connectivity index is 1.99. The normalized spacial score (nSPS) is 15.5. The Morgan fingerprint density at radius 3 is 2.71 bits per heavy atom. The molecule has 0 radical (unpaired) electrons. The Hall–Kier alpha value is -1.37. The van der Waals surface area contributed by atoms with Gasteiger partial charge < -0.3 is 5.73 Å². The summed E-state index contributed by atoms with van der Waals surface area (Å²) in [7, 11) is -3.51. The van der Waals surface area contributed by atoms with Crippen molar-refractivity contribution in [1.82, 2.24) is 4.31 Å². The fourth-order valence-electron chi connectivity index (χ4n) is 2.36. The number of anilines is 1. The van der Waals surface area contributed by atoms with Crippen LogP contribution in [0.15, 0.2) is 39.9 Å². The largest absolute Gasteiger partial charge is 0.399 e. The third-order valence-corrected chi connectivity index (χ3v) is 6.44. The van der Waals surface area contributed by atoms with E-state index in [0.29, 0.717) is 17.1 Å². The molecule has 1 aliphatic rings. The zero-order valence-corrected chi connectivity index (χ0v) is 13.5. The van der Waals surface area contributed by atoms with E-state index in [9.17, 15) is 8.42 Å². The first kappa shape index (κ1) is 14.6. The van der Waals surface area contributed by atoms with Gasteiger partial charge in [-0.15, -0.1) is 0 Å². The molecule has 1 fully saturated rings. The highest BCUT2D eigenvalue weighted by Crippen LogP contribution is 2.35. The van der Waals surface area contributed by atoms with Crippen LogP contribution in [-0.4, -0.2) is 18.8 Å². The van der Waals surface area contributed by atoms with Gasteiger partial charge in [0, 0.05) is 18.3 Å². The molecule has 2 aromatic rings. The maximum Gasteiger partial charge on any atom is 0.243 e. The number of benzene rings is 1. The third kappa shape index (κ3) is 2.97. The van der Waals surface area contributed by atoms with Gasteiger partial charge in [-0.25, -0.2) is 8.42 Å². The smallest absolute Gasteiger partial charge is 0.243 e. The lowest BCUT2D eigenvalue weighted by Gasteiger charge is -2.22. The molecule has 6 heteroatoms. The maximum absolute atomic E-state index is 13.0. The molecular formula is C15H18N2O2S2. The number of sulfonamides is 1. The van der Waals surface area contributed by atoms with Crippen LogP contribution in [0.3, 0.4) is 0 Å². The van der Waals surface area contributed by atoms with E-state index in [4.69, 9.17) is 5.73 Å². The first-order valence-corrected chi connectivity index (χ1v) is 9.26. The van der Waals surface area contributed by atoms with Gasteiger partial charge in [0.25, 0.3) is 0 Å². The van der Waals surface area contributed by atoms with Gasteiger partial charge in [-0.2, -0.15) is 15.6 Å². The summed E-state index contributed by atoms with van der Waals surface area (Å²) < 4.78 is 27.6. The van der Waals surface area contributed by atoms with E-state index in [2.05, 4.69) is 0 Å². The summed E-state index contributed by atoms with van der Waals surface area (Å²) >= 11 is 1.58. The standard InChI is InChI=1S/C15H18N2O2S2/c1-11-2-3-13(16)8-15(11)21(18,19)17(14-4-5-14)9-12-6-7-20-10-12/h2-3,6-8,10,14H,4-5,9,16H2,1H3. The van der Waals surface area contributed by atoms with Crippen LogP contribution < -0.4 is 5.73 Å². The van der Waals surface area contributed by atoms with E-state index in [0.717, 1.165) is 24.0 Å². The van der Waals surface area contributed by atoms with Crippen LogP contribution >= 0.6 is 11.3 Å². The van der Waals surface area contributed by atoms with Crippen molar-refractivity contribution in [3.8, 4) is 0 Å². The highest BCUT2D eigenvalue weighted by molar-refractivity contribution is 7.89. The molecule has 1 aliphatic carbocycles. The van der Waals surface area contributed by atoms with Gasteiger partial charge in [0.2, 0.25) is 10.0 Å². The Morgan fingerprint density at radius 2 is 2.10 bits per heavy atom. The SMILES string of the molecule is Cc1ccc(N)cc1S(=O)(=O)N(Cc1ccsc1)C1CC1. The van der Waals surface area contributed by atoms with Gasteiger partial charge in [-0.3, -0.25) is 0 Å². The van der Waals surface area contributed by atoms with E-state index in [1.165, 1.54) is 0 Å². The minimum atomic E-state index is -3.51. The Labute approximate surface area is 129 Å². The molecular weight excluding hydrogens is 304 g/mol. The van der Waals surface area contributed by atoms with E-state index < -0.39 is 10.0 Å². The molecule has 0 aliphatic heterocycles. The first-order valence-electron chi connectivity index (χ1n) is 6.87. The predicted octanol–water partition coefficient (Wildman–Crippen LogP) is 2.99. The minimum Gasteiger partial charge on any atom is -0.399 e. The maximum atomic E-state index is 13.0. The number of hydrogen-bond donors (Lipinski definition) is 1. The zero-order chi connectivity index (χ0) is 15.0. The molecule has 3 rings (SSSR count). The fraction of sp³-hybridized carbons (Fsp3) is 0.333. The van der Waals surface area contributed by atoms with Gasteiger partial charge in [0.05, 0.1) is 4.90 Å². The Kier molecular flexibility index (Phi) is 3.77. The van der Waals surface area contributed by atoms with Crippen LogP contribution in [0, 0.1) is 6.92 Å². The van der Waals surface area contributed by atoms with E-state index >= 15 is 0 Å². The Bertz CT molecular complexity index is 735. The van der Waals surface area contributed by atoms with E-state index in [1.54, 1.807) is 33.8 Å². The quantitative estimate of drug-likeness (QED) is 0.861. The number of nitrogens with zero attached hydrogens (tertiary/aromatic N) is 1. The summed E-state index contributed by atoms with van der Waals surface area (Å²) in [4.78, 5) is 0.324. The molecule has 0 bridgehead atoms. The van der Waals surface area contributed by atoms with Gasteiger partial charge in [-0.1, -0.05) is 6.07 Å².